The molecule has 2 aromatic heterocycles. The van der Waals surface area contributed by atoms with Gasteiger partial charge in [0.1, 0.15) is 5.82 Å². The van der Waals surface area contributed by atoms with Crippen molar-refractivity contribution < 1.29 is 13.6 Å². The standard InChI is InChI=1S/C26H18FN3O3/c1-16-7-8-17(14-22(16)25(31)29-19-11-9-18(27)10-12-19)21-5-2-6-23-24(21)33-26(32)30(23)20-4-3-13-28-15-20/h2-15H,1H3,(H,29,31). The Labute approximate surface area is 187 Å². The summed E-state index contributed by atoms with van der Waals surface area (Å²) in [5.41, 5.74) is 4.76. The van der Waals surface area contributed by atoms with Crippen molar-refractivity contribution in [2.45, 2.75) is 6.92 Å². The van der Waals surface area contributed by atoms with Crippen LogP contribution in [0.15, 0.2) is 94.4 Å². The van der Waals surface area contributed by atoms with Crippen LogP contribution in [0.1, 0.15) is 15.9 Å². The Hall–Kier alpha value is -4.52. The van der Waals surface area contributed by atoms with Gasteiger partial charge < -0.3 is 9.73 Å². The molecule has 1 amide bonds. The molecule has 0 aliphatic rings. The van der Waals surface area contributed by atoms with E-state index in [4.69, 9.17) is 4.42 Å². The molecule has 0 saturated heterocycles. The van der Waals surface area contributed by atoms with Gasteiger partial charge in [-0.2, -0.15) is 0 Å². The number of amides is 1. The van der Waals surface area contributed by atoms with Crippen molar-refractivity contribution in [1.29, 1.82) is 0 Å². The maximum absolute atomic E-state index is 13.2. The predicted molar refractivity (Wildman–Crippen MR) is 124 cm³/mol. The highest BCUT2D eigenvalue weighted by molar-refractivity contribution is 6.06. The van der Waals surface area contributed by atoms with Gasteiger partial charge in [-0.15, -0.1) is 0 Å². The molecule has 6 nitrogen and oxygen atoms in total. The molecule has 7 heteroatoms. The van der Waals surface area contributed by atoms with E-state index < -0.39 is 5.76 Å². The molecule has 0 saturated carbocycles. The van der Waals surface area contributed by atoms with Crippen LogP contribution in [0.3, 0.4) is 0 Å². The fourth-order valence-electron chi connectivity index (χ4n) is 3.76. The van der Waals surface area contributed by atoms with Crippen LogP contribution in [-0.2, 0) is 0 Å². The Balaban J connectivity index is 1.58. The van der Waals surface area contributed by atoms with E-state index >= 15 is 0 Å². The van der Waals surface area contributed by atoms with Crippen LogP contribution in [0.25, 0.3) is 27.9 Å². The van der Waals surface area contributed by atoms with E-state index in [2.05, 4.69) is 10.3 Å². The second-order valence-corrected chi connectivity index (χ2v) is 7.56. The number of aryl methyl sites for hydroxylation is 1. The first-order chi connectivity index (χ1) is 16.0. The van der Waals surface area contributed by atoms with Crippen molar-refractivity contribution in [3.63, 3.8) is 0 Å². The third-order valence-electron chi connectivity index (χ3n) is 5.41. The number of aromatic nitrogens is 2. The number of hydrogen-bond donors (Lipinski definition) is 1. The van der Waals surface area contributed by atoms with Gasteiger partial charge in [0, 0.05) is 23.0 Å². The van der Waals surface area contributed by atoms with Gasteiger partial charge in [-0.1, -0.05) is 24.3 Å². The van der Waals surface area contributed by atoms with Crippen LogP contribution in [0.5, 0.6) is 0 Å². The molecule has 0 fully saturated rings. The van der Waals surface area contributed by atoms with Gasteiger partial charge in [-0.25, -0.2) is 13.8 Å². The highest BCUT2D eigenvalue weighted by atomic mass is 19.1. The topological polar surface area (TPSA) is 77.1 Å². The number of halogens is 1. The number of nitrogens with zero attached hydrogens (tertiary/aromatic N) is 2. The monoisotopic (exact) mass is 439 g/mol. The summed E-state index contributed by atoms with van der Waals surface area (Å²) in [7, 11) is 0. The minimum Gasteiger partial charge on any atom is -0.407 e. The number of pyridine rings is 1. The van der Waals surface area contributed by atoms with E-state index in [-0.39, 0.29) is 11.7 Å². The Bertz CT molecular complexity index is 1540. The third kappa shape index (κ3) is 3.80. The summed E-state index contributed by atoms with van der Waals surface area (Å²) < 4.78 is 20.2. The molecule has 0 radical (unpaired) electrons. The summed E-state index contributed by atoms with van der Waals surface area (Å²) in [6.07, 6.45) is 3.22. The van der Waals surface area contributed by atoms with Gasteiger partial charge in [0.2, 0.25) is 0 Å². The molecule has 0 aliphatic carbocycles. The lowest BCUT2D eigenvalue weighted by Crippen LogP contribution is -2.13. The average molecular weight is 439 g/mol. The summed E-state index contributed by atoms with van der Waals surface area (Å²) in [5.74, 6) is -1.21. The lowest BCUT2D eigenvalue weighted by Gasteiger charge is -2.11. The van der Waals surface area contributed by atoms with E-state index in [0.29, 0.717) is 33.6 Å². The van der Waals surface area contributed by atoms with Gasteiger partial charge in [-0.3, -0.25) is 9.78 Å². The maximum Gasteiger partial charge on any atom is 0.424 e. The smallest absolute Gasteiger partial charge is 0.407 e. The van der Waals surface area contributed by atoms with Gasteiger partial charge in [0.15, 0.2) is 5.58 Å². The molecule has 0 bridgehead atoms. The number of benzene rings is 3. The van der Waals surface area contributed by atoms with Crippen molar-refractivity contribution >= 4 is 22.7 Å². The molecule has 0 unspecified atom stereocenters. The quantitative estimate of drug-likeness (QED) is 0.410. The van der Waals surface area contributed by atoms with Crippen molar-refractivity contribution in [3.8, 4) is 16.8 Å². The highest BCUT2D eigenvalue weighted by Crippen LogP contribution is 2.31. The summed E-state index contributed by atoms with van der Waals surface area (Å²) in [4.78, 5) is 29.7. The van der Waals surface area contributed by atoms with Crippen LogP contribution >= 0.6 is 0 Å². The minimum atomic E-state index is -0.521. The Morgan fingerprint density at radius 1 is 1.03 bits per heavy atom. The van der Waals surface area contributed by atoms with E-state index in [0.717, 1.165) is 11.1 Å². The first-order valence-corrected chi connectivity index (χ1v) is 10.2. The number of para-hydroxylation sites is 1. The first-order valence-electron chi connectivity index (χ1n) is 10.2. The maximum atomic E-state index is 13.2. The molecule has 5 aromatic rings. The molecule has 1 N–H and O–H groups in total. The van der Waals surface area contributed by atoms with Crippen molar-refractivity contribution in [1.82, 2.24) is 9.55 Å². The van der Waals surface area contributed by atoms with Crippen LogP contribution < -0.4 is 11.1 Å². The average Bonchev–Trinajstić information content (AvgIpc) is 3.17. The van der Waals surface area contributed by atoms with E-state index in [1.807, 2.05) is 31.2 Å². The minimum absolute atomic E-state index is 0.317. The number of fused-ring (bicyclic) bond motifs is 1. The lowest BCUT2D eigenvalue weighted by molar-refractivity contribution is 0.102. The molecule has 0 atom stereocenters. The first kappa shape index (κ1) is 20.4. The molecule has 0 aliphatic heterocycles. The number of rotatable bonds is 4. The van der Waals surface area contributed by atoms with E-state index in [1.165, 1.54) is 28.8 Å². The fourth-order valence-corrected chi connectivity index (χ4v) is 3.76. The zero-order valence-electron chi connectivity index (χ0n) is 17.6. The molecule has 162 valence electrons. The largest absolute Gasteiger partial charge is 0.424 e. The van der Waals surface area contributed by atoms with Crippen LogP contribution in [0, 0.1) is 12.7 Å². The van der Waals surface area contributed by atoms with Crippen LogP contribution in [0.2, 0.25) is 0 Å². The number of anilines is 1. The Kier molecular flexibility index (Phi) is 5.06. The molecule has 3 aromatic carbocycles. The predicted octanol–water partition coefficient (Wildman–Crippen LogP) is 5.35. The molecular weight excluding hydrogens is 421 g/mol. The molecule has 2 heterocycles. The Morgan fingerprint density at radius 2 is 1.85 bits per heavy atom. The summed E-state index contributed by atoms with van der Waals surface area (Å²) in [6, 6.07) is 20.0. The molecule has 5 rings (SSSR count). The summed E-state index contributed by atoms with van der Waals surface area (Å²) in [5, 5.41) is 2.79. The number of oxazole rings is 1. The SMILES string of the molecule is Cc1ccc(-c2cccc3c2oc(=O)n3-c2cccnc2)cc1C(=O)Nc1ccc(F)cc1. The van der Waals surface area contributed by atoms with Gasteiger partial charge >= 0.3 is 5.76 Å². The van der Waals surface area contributed by atoms with Gasteiger partial charge in [0.05, 0.1) is 17.4 Å². The zero-order valence-corrected chi connectivity index (χ0v) is 17.6. The van der Waals surface area contributed by atoms with E-state index in [1.54, 1.807) is 36.7 Å². The lowest BCUT2D eigenvalue weighted by atomic mass is 9.98. The summed E-state index contributed by atoms with van der Waals surface area (Å²) in [6.45, 7) is 1.84. The number of carbonyl (C=O) groups excluding carboxylic acids is 1. The van der Waals surface area contributed by atoms with Crippen molar-refractivity contribution in [3.05, 3.63) is 113 Å². The van der Waals surface area contributed by atoms with Crippen molar-refractivity contribution in [2.75, 3.05) is 5.32 Å². The van der Waals surface area contributed by atoms with Crippen LogP contribution in [-0.4, -0.2) is 15.5 Å². The second kappa shape index (κ2) is 8.20. The van der Waals surface area contributed by atoms with Crippen molar-refractivity contribution in [2.24, 2.45) is 0 Å². The fraction of sp³-hybridized carbons (Fsp3) is 0.0385. The molecule has 0 spiro atoms. The van der Waals surface area contributed by atoms with Gasteiger partial charge in [0.25, 0.3) is 5.91 Å². The second-order valence-electron chi connectivity index (χ2n) is 7.56. The number of nitrogens with one attached hydrogen (secondary N) is 1. The highest BCUT2D eigenvalue weighted by Gasteiger charge is 2.17. The van der Waals surface area contributed by atoms with Gasteiger partial charge in [-0.05, 0) is 66.6 Å². The normalized spacial score (nSPS) is 11.0. The van der Waals surface area contributed by atoms with Crippen LogP contribution in [0.4, 0.5) is 10.1 Å². The van der Waals surface area contributed by atoms with E-state index in [9.17, 15) is 14.0 Å². The Morgan fingerprint density at radius 3 is 2.61 bits per heavy atom. The molecular formula is C26H18FN3O3. The molecule has 33 heavy (non-hydrogen) atoms. The third-order valence-corrected chi connectivity index (χ3v) is 5.41. The zero-order chi connectivity index (χ0) is 22.9. The summed E-state index contributed by atoms with van der Waals surface area (Å²) >= 11 is 0. The number of hydrogen-bond acceptors (Lipinski definition) is 4. The number of carbonyl (C=O) groups is 1.